The zero-order valence-electron chi connectivity index (χ0n) is 11.0. The second-order valence-electron chi connectivity index (χ2n) is 5.07. The maximum atomic E-state index is 12.5. The van der Waals surface area contributed by atoms with Crippen LogP contribution in [0.2, 0.25) is 0 Å². The number of carbonyl (C=O) groups is 2. The normalized spacial score (nSPS) is 23.3. The van der Waals surface area contributed by atoms with Gasteiger partial charge in [-0.1, -0.05) is 0 Å². The van der Waals surface area contributed by atoms with Crippen LogP contribution in [-0.4, -0.2) is 42.8 Å². The summed E-state index contributed by atoms with van der Waals surface area (Å²) in [5, 5.41) is 8.83. The molecule has 0 aromatic carbocycles. The van der Waals surface area contributed by atoms with Crippen molar-refractivity contribution in [2.75, 3.05) is 13.1 Å². The number of hydrogen-bond acceptors (Lipinski definition) is 5. The van der Waals surface area contributed by atoms with Gasteiger partial charge in [0.05, 0.1) is 5.41 Å². The molecule has 3 N–H and O–H groups in total. The van der Waals surface area contributed by atoms with Crippen molar-refractivity contribution in [2.24, 2.45) is 11.1 Å². The third-order valence-electron chi connectivity index (χ3n) is 3.52. The predicted octanol–water partition coefficient (Wildman–Crippen LogP) is 0.626. The molecule has 1 amide bonds. The highest BCUT2D eigenvalue weighted by Gasteiger charge is 2.44. The van der Waals surface area contributed by atoms with Gasteiger partial charge < -0.3 is 15.3 Å². The summed E-state index contributed by atoms with van der Waals surface area (Å²) in [6, 6.07) is 0.932. The Hall–Kier alpha value is -1.39. The van der Waals surface area contributed by atoms with Crippen LogP contribution < -0.4 is 5.73 Å². The maximum absolute atomic E-state index is 12.5. The standard InChI is InChI=1S/C11H13BrN2O6S/c1-11(10(13)17)2-3-14(5-11)21(18,19)7-4-6(9(15)16)20-8(7)12/h4H,2-3,5H2,1H3,(H2,13,17)(H,15,16). The SMILES string of the molecule is CC1(C(N)=O)CCN(S(=O)(=O)c2cc(C(=O)O)oc2Br)C1. The van der Waals surface area contributed by atoms with Crippen LogP contribution in [0.5, 0.6) is 0 Å². The topological polar surface area (TPSA) is 131 Å². The van der Waals surface area contributed by atoms with Gasteiger partial charge in [0, 0.05) is 19.2 Å². The highest BCUT2D eigenvalue weighted by molar-refractivity contribution is 9.10. The molecule has 116 valence electrons. The molecular formula is C11H13BrN2O6S. The molecule has 1 aromatic rings. The predicted molar refractivity (Wildman–Crippen MR) is 74.0 cm³/mol. The van der Waals surface area contributed by atoms with Gasteiger partial charge in [-0.25, -0.2) is 13.2 Å². The zero-order valence-corrected chi connectivity index (χ0v) is 13.4. The first-order chi connectivity index (χ1) is 9.58. The molecule has 2 rings (SSSR count). The van der Waals surface area contributed by atoms with E-state index in [2.05, 4.69) is 15.9 Å². The van der Waals surface area contributed by atoms with Crippen LogP contribution in [0.3, 0.4) is 0 Å². The van der Waals surface area contributed by atoms with E-state index < -0.39 is 33.1 Å². The van der Waals surface area contributed by atoms with E-state index in [1.807, 2.05) is 0 Å². The summed E-state index contributed by atoms with van der Waals surface area (Å²) >= 11 is 2.90. The molecule has 0 bridgehead atoms. The Balaban J connectivity index is 2.36. The number of halogens is 1. The van der Waals surface area contributed by atoms with E-state index in [0.29, 0.717) is 6.42 Å². The third kappa shape index (κ3) is 2.70. The van der Waals surface area contributed by atoms with Crippen LogP contribution in [0, 0.1) is 5.41 Å². The lowest BCUT2D eigenvalue weighted by Crippen LogP contribution is -2.38. The minimum absolute atomic E-state index is 0.0509. The molecule has 1 aliphatic rings. The summed E-state index contributed by atoms with van der Waals surface area (Å²) in [6.45, 7) is 1.67. The molecule has 10 heteroatoms. The van der Waals surface area contributed by atoms with Crippen molar-refractivity contribution >= 4 is 37.8 Å². The largest absolute Gasteiger partial charge is 0.475 e. The first-order valence-corrected chi connectivity index (χ1v) is 8.14. The quantitative estimate of drug-likeness (QED) is 0.787. The summed E-state index contributed by atoms with van der Waals surface area (Å²) in [6.07, 6.45) is 0.308. The van der Waals surface area contributed by atoms with Crippen LogP contribution in [0.4, 0.5) is 0 Å². The van der Waals surface area contributed by atoms with E-state index >= 15 is 0 Å². The Morgan fingerprint density at radius 1 is 1.52 bits per heavy atom. The summed E-state index contributed by atoms with van der Waals surface area (Å²) in [5.41, 5.74) is 4.35. The monoisotopic (exact) mass is 380 g/mol. The van der Waals surface area contributed by atoms with E-state index in [1.165, 1.54) is 0 Å². The minimum atomic E-state index is -3.97. The molecule has 1 aromatic heterocycles. The van der Waals surface area contributed by atoms with E-state index in [9.17, 15) is 18.0 Å². The van der Waals surface area contributed by atoms with Gasteiger partial charge in [-0.15, -0.1) is 0 Å². The van der Waals surface area contributed by atoms with Gasteiger partial charge in [0.15, 0.2) is 4.67 Å². The lowest BCUT2D eigenvalue weighted by molar-refractivity contribution is -0.126. The molecule has 1 unspecified atom stereocenters. The fraction of sp³-hybridized carbons (Fsp3) is 0.455. The summed E-state index contributed by atoms with van der Waals surface area (Å²) in [5.74, 6) is -2.43. The number of carbonyl (C=O) groups excluding carboxylic acids is 1. The Morgan fingerprint density at radius 2 is 2.14 bits per heavy atom. The van der Waals surface area contributed by atoms with E-state index in [1.54, 1.807) is 6.92 Å². The number of primary amides is 1. The molecule has 21 heavy (non-hydrogen) atoms. The van der Waals surface area contributed by atoms with Gasteiger partial charge in [-0.3, -0.25) is 4.79 Å². The number of amides is 1. The Bertz CT molecular complexity index is 712. The highest BCUT2D eigenvalue weighted by Crippen LogP contribution is 2.36. The second-order valence-corrected chi connectivity index (χ2v) is 7.69. The number of carboxylic acids is 1. The summed E-state index contributed by atoms with van der Waals surface area (Å²) in [7, 11) is -3.97. The lowest BCUT2D eigenvalue weighted by Gasteiger charge is -2.20. The van der Waals surface area contributed by atoms with Crippen molar-refractivity contribution in [3.63, 3.8) is 0 Å². The number of hydrogen-bond donors (Lipinski definition) is 2. The fourth-order valence-corrected chi connectivity index (χ4v) is 4.57. The fourth-order valence-electron chi connectivity index (χ4n) is 2.10. The molecule has 1 saturated heterocycles. The first kappa shape index (κ1) is 16.0. The number of nitrogens with two attached hydrogens (primary N) is 1. The Morgan fingerprint density at radius 3 is 2.57 bits per heavy atom. The molecule has 1 aliphatic heterocycles. The van der Waals surface area contributed by atoms with Crippen LogP contribution in [0.1, 0.15) is 23.9 Å². The zero-order chi connectivity index (χ0) is 16.0. The van der Waals surface area contributed by atoms with Gasteiger partial charge >= 0.3 is 5.97 Å². The van der Waals surface area contributed by atoms with Crippen molar-refractivity contribution in [1.82, 2.24) is 4.31 Å². The average Bonchev–Trinajstić information content (AvgIpc) is 2.94. The number of aromatic carboxylic acids is 1. The van der Waals surface area contributed by atoms with Crippen molar-refractivity contribution in [3.8, 4) is 0 Å². The lowest BCUT2D eigenvalue weighted by atomic mass is 9.89. The molecule has 8 nitrogen and oxygen atoms in total. The average molecular weight is 381 g/mol. The maximum Gasteiger partial charge on any atom is 0.371 e. The van der Waals surface area contributed by atoms with Gasteiger partial charge in [-0.2, -0.15) is 4.31 Å². The van der Waals surface area contributed by atoms with E-state index in [4.69, 9.17) is 15.3 Å². The number of rotatable bonds is 4. The Kier molecular flexibility index (Phi) is 3.89. The van der Waals surface area contributed by atoms with Crippen molar-refractivity contribution < 1.29 is 27.5 Å². The number of carboxylic acid groups (broad SMARTS) is 1. The Labute approximate surface area is 129 Å². The van der Waals surface area contributed by atoms with Gasteiger partial charge in [0.2, 0.25) is 21.7 Å². The van der Waals surface area contributed by atoms with Gasteiger partial charge in [0.25, 0.3) is 0 Å². The number of sulfonamides is 1. The van der Waals surface area contributed by atoms with Crippen LogP contribution in [-0.2, 0) is 14.8 Å². The smallest absolute Gasteiger partial charge is 0.371 e. The van der Waals surface area contributed by atoms with Gasteiger partial charge in [-0.05, 0) is 29.3 Å². The summed E-state index contributed by atoms with van der Waals surface area (Å²) < 4.78 is 30.7. The molecule has 0 aliphatic carbocycles. The van der Waals surface area contributed by atoms with Crippen LogP contribution in [0.25, 0.3) is 0 Å². The molecule has 0 saturated carbocycles. The molecular weight excluding hydrogens is 368 g/mol. The molecule has 1 fully saturated rings. The third-order valence-corrected chi connectivity index (χ3v) is 6.22. The van der Waals surface area contributed by atoms with Crippen LogP contribution >= 0.6 is 15.9 Å². The molecule has 2 heterocycles. The van der Waals surface area contributed by atoms with Crippen molar-refractivity contribution in [3.05, 3.63) is 16.5 Å². The van der Waals surface area contributed by atoms with E-state index in [-0.39, 0.29) is 22.7 Å². The molecule has 0 radical (unpaired) electrons. The first-order valence-electron chi connectivity index (χ1n) is 5.90. The summed E-state index contributed by atoms with van der Waals surface area (Å²) in [4.78, 5) is 21.9. The number of furan rings is 1. The second kappa shape index (κ2) is 5.11. The highest BCUT2D eigenvalue weighted by atomic mass is 79.9. The van der Waals surface area contributed by atoms with E-state index in [0.717, 1.165) is 10.4 Å². The molecule has 0 spiro atoms. The minimum Gasteiger partial charge on any atom is -0.475 e. The van der Waals surface area contributed by atoms with Gasteiger partial charge in [0.1, 0.15) is 4.90 Å². The van der Waals surface area contributed by atoms with Crippen LogP contribution in [0.15, 0.2) is 20.0 Å². The number of nitrogens with zero attached hydrogens (tertiary/aromatic N) is 1. The molecule has 1 atom stereocenters. The van der Waals surface area contributed by atoms with Crippen molar-refractivity contribution in [2.45, 2.75) is 18.2 Å². The van der Waals surface area contributed by atoms with Crippen molar-refractivity contribution in [1.29, 1.82) is 0 Å².